The second-order valence-corrected chi connectivity index (χ2v) is 15.4. The zero-order chi connectivity index (χ0) is 40.1. The van der Waals surface area contributed by atoms with Crippen LogP contribution in [0.4, 0.5) is 0 Å². The molecule has 2 aromatic rings. The molecule has 1 heterocycles. The molecule has 3 aliphatic rings. The van der Waals surface area contributed by atoms with Crippen molar-refractivity contribution in [1.29, 1.82) is 0 Å². The van der Waals surface area contributed by atoms with Crippen LogP contribution in [0.3, 0.4) is 0 Å². The van der Waals surface area contributed by atoms with Gasteiger partial charge in [-0.2, -0.15) is 0 Å². The minimum atomic E-state index is -1.43. The van der Waals surface area contributed by atoms with E-state index in [1.165, 1.54) is 17.9 Å². The van der Waals surface area contributed by atoms with Gasteiger partial charge in [-0.05, 0) is 75.1 Å². The Balaban J connectivity index is 1.31. The summed E-state index contributed by atoms with van der Waals surface area (Å²) in [5.74, 6) is -3.84. The number of hydrogen-bond donors (Lipinski definition) is 4. The molecule has 0 unspecified atom stereocenters. The minimum absolute atomic E-state index is 0.0669. The molecule has 14 nitrogen and oxygen atoms in total. The SMILES string of the molecule is C[C@H](O)[C@@H](NC(=O)C1=C[C@H]2OC3(Cc4ccccc4C3)O[C@H]2[C@H](OC(=O)c2ccc(C=CC(=O)N(C)C)cc2)C1)C(=O)N[C@H](CO)CCC(=O)OC(C)(C)C. The van der Waals surface area contributed by atoms with E-state index < -0.39 is 78.2 Å². The molecule has 1 spiro atoms. The van der Waals surface area contributed by atoms with Crippen LogP contribution in [0.2, 0.25) is 0 Å². The highest BCUT2D eigenvalue weighted by molar-refractivity contribution is 5.98. The fourth-order valence-corrected chi connectivity index (χ4v) is 6.74. The molecule has 2 aliphatic carbocycles. The first kappa shape index (κ1) is 41.3. The summed E-state index contributed by atoms with van der Waals surface area (Å²) in [6, 6.07) is 12.1. The number of carbonyl (C=O) groups excluding carboxylic acids is 5. The van der Waals surface area contributed by atoms with Crippen LogP contribution >= 0.6 is 0 Å². The molecule has 4 N–H and O–H groups in total. The normalized spacial score (nSPS) is 21.5. The third-order valence-corrected chi connectivity index (χ3v) is 9.51. The third kappa shape index (κ3) is 10.7. The fraction of sp³-hybridized carbons (Fsp3) is 0.488. The highest BCUT2D eigenvalue weighted by Crippen LogP contribution is 2.45. The van der Waals surface area contributed by atoms with Crippen molar-refractivity contribution in [3.05, 3.63) is 88.5 Å². The summed E-state index contributed by atoms with van der Waals surface area (Å²) in [5.41, 5.74) is 2.53. The number of likely N-dealkylation sites (N-methyl/N-ethyl adjacent to an activating group) is 1. The number of rotatable bonds is 13. The maximum absolute atomic E-state index is 13.8. The first-order valence-corrected chi connectivity index (χ1v) is 18.4. The highest BCUT2D eigenvalue weighted by atomic mass is 16.8. The van der Waals surface area contributed by atoms with Crippen LogP contribution in [0, 0.1) is 0 Å². The van der Waals surface area contributed by atoms with E-state index >= 15 is 0 Å². The molecule has 0 radical (unpaired) electrons. The topological polar surface area (TPSA) is 190 Å². The van der Waals surface area contributed by atoms with E-state index in [0.717, 1.165) is 11.1 Å². The fourth-order valence-electron chi connectivity index (χ4n) is 6.74. The van der Waals surface area contributed by atoms with E-state index in [4.69, 9.17) is 18.9 Å². The van der Waals surface area contributed by atoms with Gasteiger partial charge in [0.1, 0.15) is 30.0 Å². The summed E-state index contributed by atoms with van der Waals surface area (Å²) in [5, 5.41) is 25.7. The maximum Gasteiger partial charge on any atom is 0.338 e. The molecular formula is C41H51N3O11. The van der Waals surface area contributed by atoms with Crippen molar-refractivity contribution in [2.75, 3.05) is 20.7 Å². The monoisotopic (exact) mass is 761 g/mol. The number of nitrogens with one attached hydrogen (secondary N) is 2. The number of benzene rings is 2. The van der Waals surface area contributed by atoms with Crippen molar-refractivity contribution >= 4 is 35.7 Å². The van der Waals surface area contributed by atoms with E-state index in [9.17, 15) is 34.2 Å². The molecule has 1 saturated heterocycles. The molecule has 2 aromatic carbocycles. The van der Waals surface area contributed by atoms with Gasteiger partial charge in [-0.25, -0.2) is 4.79 Å². The summed E-state index contributed by atoms with van der Waals surface area (Å²) in [7, 11) is 3.29. The van der Waals surface area contributed by atoms with Crippen LogP contribution < -0.4 is 10.6 Å². The van der Waals surface area contributed by atoms with E-state index in [1.807, 2.05) is 24.3 Å². The second-order valence-electron chi connectivity index (χ2n) is 15.4. The molecule has 0 bridgehead atoms. The number of hydrogen-bond acceptors (Lipinski definition) is 11. The number of aliphatic hydroxyl groups excluding tert-OH is 2. The lowest BCUT2D eigenvalue weighted by Gasteiger charge is -2.31. The van der Waals surface area contributed by atoms with E-state index in [1.54, 1.807) is 71.3 Å². The summed E-state index contributed by atoms with van der Waals surface area (Å²) in [4.78, 5) is 66.3. The third-order valence-electron chi connectivity index (χ3n) is 9.51. The molecule has 6 atom stereocenters. The molecule has 55 heavy (non-hydrogen) atoms. The van der Waals surface area contributed by atoms with Crippen LogP contribution in [0.15, 0.2) is 66.3 Å². The lowest BCUT2D eigenvalue weighted by molar-refractivity contribution is -0.172. The van der Waals surface area contributed by atoms with Gasteiger partial charge in [0.25, 0.3) is 0 Å². The molecule has 296 valence electrons. The Labute approximate surface area is 320 Å². The number of nitrogens with zero attached hydrogens (tertiary/aromatic N) is 1. The Hall–Kier alpha value is -4.89. The Kier molecular flexibility index (Phi) is 13.0. The van der Waals surface area contributed by atoms with Gasteiger partial charge in [0.2, 0.25) is 17.7 Å². The smallest absolute Gasteiger partial charge is 0.338 e. The van der Waals surface area contributed by atoms with Gasteiger partial charge >= 0.3 is 11.9 Å². The van der Waals surface area contributed by atoms with Gasteiger partial charge in [0.15, 0.2) is 5.79 Å². The standard InChI is InChI=1S/C41H51N3O11/c1-24(46)35(38(50)42-30(23-45)16-18-34(48)54-40(2,3)4)43-37(49)29-19-31(52-39(51)26-14-11-25(12-15-26)13-17-33(47)44(5)6)36-32(20-29)53-41(55-36)21-27-9-7-8-10-28(27)22-41/h7-15,17,20,24,30-32,35-36,45-46H,16,18-19,21-23H2,1-6H3,(H,42,50)(H,43,49)/t24-,30-,31+,32+,35+,36-/m0/s1. The summed E-state index contributed by atoms with van der Waals surface area (Å²) in [6.45, 7) is 6.04. The highest BCUT2D eigenvalue weighted by Gasteiger charge is 2.55. The van der Waals surface area contributed by atoms with E-state index in [0.29, 0.717) is 18.4 Å². The van der Waals surface area contributed by atoms with E-state index in [-0.39, 0.29) is 36.3 Å². The van der Waals surface area contributed by atoms with Crippen LogP contribution in [0.25, 0.3) is 6.08 Å². The Morgan fingerprint density at radius 2 is 1.65 bits per heavy atom. The van der Waals surface area contributed by atoms with Gasteiger partial charge in [0.05, 0.1) is 24.3 Å². The van der Waals surface area contributed by atoms with Gasteiger partial charge in [-0.1, -0.05) is 36.4 Å². The first-order chi connectivity index (χ1) is 26.0. The van der Waals surface area contributed by atoms with Gasteiger partial charge in [-0.15, -0.1) is 0 Å². The quantitative estimate of drug-likeness (QED) is 0.173. The number of ether oxygens (including phenoxy) is 4. The Morgan fingerprint density at radius 1 is 1.00 bits per heavy atom. The molecule has 0 aromatic heterocycles. The van der Waals surface area contributed by atoms with Crippen LogP contribution in [-0.2, 0) is 51.0 Å². The molecule has 0 saturated carbocycles. The van der Waals surface area contributed by atoms with Crippen molar-refractivity contribution in [3.8, 4) is 0 Å². The van der Waals surface area contributed by atoms with Gasteiger partial charge in [0, 0.05) is 51.4 Å². The maximum atomic E-state index is 13.8. The largest absolute Gasteiger partial charge is 0.460 e. The number of amides is 3. The van der Waals surface area contributed by atoms with Gasteiger partial charge in [-0.3, -0.25) is 19.2 Å². The van der Waals surface area contributed by atoms with Crippen molar-refractivity contribution in [2.24, 2.45) is 0 Å². The molecule has 3 amide bonds. The summed E-state index contributed by atoms with van der Waals surface area (Å²) >= 11 is 0. The van der Waals surface area contributed by atoms with Crippen molar-refractivity contribution in [3.63, 3.8) is 0 Å². The predicted octanol–water partition coefficient (Wildman–Crippen LogP) is 2.39. The zero-order valence-electron chi connectivity index (χ0n) is 32.1. The van der Waals surface area contributed by atoms with Crippen molar-refractivity contribution in [1.82, 2.24) is 15.5 Å². The number of carbonyl (C=O) groups is 5. The zero-order valence-corrected chi connectivity index (χ0v) is 32.1. The van der Waals surface area contributed by atoms with Crippen LogP contribution in [0.5, 0.6) is 0 Å². The van der Waals surface area contributed by atoms with Crippen molar-refractivity contribution in [2.45, 2.75) is 108 Å². The molecule has 14 heteroatoms. The number of esters is 2. The average Bonchev–Trinajstić information content (AvgIpc) is 3.68. The first-order valence-electron chi connectivity index (χ1n) is 18.4. The lowest BCUT2D eigenvalue weighted by atomic mass is 9.91. The lowest BCUT2D eigenvalue weighted by Crippen LogP contribution is -2.55. The van der Waals surface area contributed by atoms with Crippen molar-refractivity contribution < 1.29 is 53.1 Å². The van der Waals surface area contributed by atoms with Crippen LogP contribution in [0.1, 0.15) is 74.0 Å². The van der Waals surface area contributed by atoms with Gasteiger partial charge < -0.3 is 44.7 Å². The van der Waals surface area contributed by atoms with Crippen LogP contribution in [-0.4, -0.2) is 113 Å². The molecule has 1 aliphatic heterocycles. The predicted molar refractivity (Wildman–Crippen MR) is 200 cm³/mol. The Bertz CT molecular complexity index is 1790. The average molecular weight is 762 g/mol. The molecular weight excluding hydrogens is 710 g/mol. The second kappa shape index (κ2) is 17.3. The Morgan fingerprint density at radius 3 is 2.24 bits per heavy atom. The number of aliphatic hydroxyl groups is 2. The molecule has 5 rings (SSSR count). The summed E-state index contributed by atoms with van der Waals surface area (Å²) < 4.78 is 24.4. The minimum Gasteiger partial charge on any atom is -0.460 e. The molecule has 1 fully saturated rings. The summed E-state index contributed by atoms with van der Waals surface area (Å²) in [6.07, 6.45) is 1.66. The number of fused-ring (bicyclic) bond motifs is 2. The van der Waals surface area contributed by atoms with E-state index in [2.05, 4.69) is 10.6 Å².